The molecular formula is C46H53N3O5. The van der Waals surface area contributed by atoms with Crippen LogP contribution in [0.2, 0.25) is 0 Å². The smallest absolute Gasteiger partial charge is 0.165 e. The number of aromatic amines is 1. The summed E-state index contributed by atoms with van der Waals surface area (Å²) in [7, 11) is 0. The number of benzene rings is 4. The Labute approximate surface area is 318 Å². The average molecular weight is 728 g/mol. The zero-order valence-electron chi connectivity index (χ0n) is 31.1. The standard InChI is InChI=1S/C46H53N3O5/c1-32(12-13-33-9-5-3-6-10-33)8-4-2-7-11-39(50)21-14-34-16-23-43(52)45(29-34)54-27-25-35-15-22-42(51)41(28-35)40(30-44(53)38-24-26-49-31-38)36-17-19-37(20-18-36)46(47)48/h3,5-7,9-11,15-20,22-24,26,28-29,31-32,40,46,49,51-52H,2,4,8,12-14,21,25,27,30,47-48H2,1H3. The number of aryl methyl sites for hydroxylation is 2. The van der Waals surface area contributed by atoms with Crippen molar-refractivity contribution in [3.8, 4) is 17.2 Å². The molecule has 5 aromatic rings. The lowest BCUT2D eigenvalue weighted by atomic mass is 9.84. The zero-order valence-corrected chi connectivity index (χ0v) is 31.1. The molecule has 8 nitrogen and oxygen atoms in total. The van der Waals surface area contributed by atoms with E-state index in [9.17, 15) is 19.8 Å². The van der Waals surface area contributed by atoms with E-state index in [1.165, 1.54) is 12.0 Å². The maximum atomic E-state index is 13.2. The third-order valence-electron chi connectivity index (χ3n) is 9.97. The minimum absolute atomic E-state index is 0.0262. The Morgan fingerprint density at radius 3 is 2.24 bits per heavy atom. The van der Waals surface area contributed by atoms with Crippen LogP contribution in [-0.2, 0) is 24.1 Å². The van der Waals surface area contributed by atoms with Crippen molar-refractivity contribution in [2.24, 2.45) is 17.4 Å². The van der Waals surface area contributed by atoms with Crippen LogP contribution in [0.3, 0.4) is 0 Å². The second kappa shape index (κ2) is 20.1. The number of nitrogens with one attached hydrogen (secondary N) is 1. The maximum absolute atomic E-state index is 13.2. The molecule has 0 saturated heterocycles. The van der Waals surface area contributed by atoms with Crippen LogP contribution < -0.4 is 16.2 Å². The Morgan fingerprint density at radius 2 is 1.52 bits per heavy atom. The van der Waals surface area contributed by atoms with Gasteiger partial charge in [0, 0.05) is 48.7 Å². The third-order valence-corrected chi connectivity index (χ3v) is 9.97. The van der Waals surface area contributed by atoms with E-state index in [4.69, 9.17) is 16.2 Å². The van der Waals surface area contributed by atoms with Crippen molar-refractivity contribution >= 4 is 11.6 Å². The average Bonchev–Trinajstić information content (AvgIpc) is 3.73. The van der Waals surface area contributed by atoms with Crippen molar-refractivity contribution in [1.82, 2.24) is 4.98 Å². The molecule has 0 bridgehead atoms. The summed E-state index contributed by atoms with van der Waals surface area (Å²) in [6.45, 7) is 2.57. The number of carbonyl (C=O) groups is 2. The van der Waals surface area contributed by atoms with Crippen molar-refractivity contribution < 1.29 is 24.5 Å². The van der Waals surface area contributed by atoms with Gasteiger partial charge in [-0.2, -0.15) is 0 Å². The molecule has 54 heavy (non-hydrogen) atoms. The van der Waals surface area contributed by atoms with Gasteiger partial charge in [0.1, 0.15) is 5.75 Å². The molecule has 1 aromatic heterocycles. The number of phenols is 2. The number of hydrogen-bond donors (Lipinski definition) is 5. The molecule has 4 aromatic carbocycles. The Hall–Kier alpha value is -5.44. The van der Waals surface area contributed by atoms with Crippen LogP contribution >= 0.6 is 0 Å². The monoisotopic (exact) mass is 727 g/mol. The van der Waals surface area contributed by atoms with Crippen molar-refractivity contribution in [2.75, 3.05) is 6.61 Å². The van der Waals surface area contributed by atoms with Crippen LogP contribution in [-0.4, -0.2) is 33.4 Å². The summed E-state index contributed by atoms with van der Waals surface area (Å²) < 4.78 is 6.01. The zero-order chi connectivity index (χ0) is 38.3. The van der Waals surface area contributed by atoms with Gasteiger partial charge in [-0.05, 0) is 96.2 Å². The fourth-order valence-electron chi connectivity index (χ4n) is 6.66. The first-order valence-corrected chi connectivity index (χ1v) is 18.9. The Balaban J connectivity index is 1.12. The number of unbranched alkanes of at least 4 members (excludes halogenated alkanes) is 1. The quantitative estimate of drug-likeness (QED) is 0.0219. The highest BCUT2D eigenvalue weighted by atomic mass is 16.5. The lowest BCUT2D eigenvalue weighted by molar-refractivity contribution is -0.114. The number of H-pyrrole nitrogens is 1. The van der Waals surface area contributed by atoms with Crippen molar-refractivity contribution in [3.05, 3.63) is 161 Å². The number of nitrogens with two attached hydrogens (primary N) is 2. The third kappa shape index (κ3) is 12.0. The first-order valence-electron chi connectivity index (χ1n) is 18.9. The number of carbonyl (C=O) groups excluding carboxylic acids is 2. The van der Waals surface area contributed by atoms with E-state index >= 15 is 0 Å². The molecule has 0 aliphatic carbocycles. The fraction of sp³-hybridized carbons (Fsp3) is 0.304. The fourth-order valence-corrected chi connectivity index (χ4v) is 6.66. The summed E-state index contributed by atoms with van der Waals surface area (Å²) in [6, 6.07) is 30.3. The SMILES string of the molecule is CC(CCCC=CC(=O)CCc1ccc(O)c(OCCc2ccc(O)c(C(CC(=O)c3cc[nH]c3)c3ccc(C(N)N)cc3)c2)c1)CCc1ccccc1. The summed E-state index contributed by atoms with van der Waals surface area (Å²) in [6.07, 6.45) is 13.4. The number of allylic oxidation sites excluding steroid dienone is 2. The molecule has 0 aliphatic rings. The van der Waals surface area contributed by atoms with Gasteiger partial charge >= 0.3 is 0 Å². The molecular weight excluding hydrogens is 675 g/mol. The number of rotatable bonds is 21. The molecule has 0 amide bonds. The molecule has 8 heteroatoms. The molecule has 2 atom stereocenters. The van der Waals surface area contributed by atoms with Crippen molar-refractivity contribution in [3.63, 3.8) is 0 Å². The van der Waals surface area contributed by atoms with Crippen molar-refractivity contribution in [2.45, 2.75) is 76.8 Å². The molecule has 7 N–H and O–H groups in total. The number of Topliss-reactive ketones (excluding diaryl/α,β-unsaturated/α-hetero) is 1. The minimum Gasteiger partial charge on any atom is -0.508 e. The highest BCUT2D eigenvalue weighted by Gasteiger charge is 2.23. The van der Waals surface area contributed by atoms with Crippen molar-refractivity contribution in [1.29, 1.82) is 0 Å². The number of phenolic OH excluding ortho intramolecular Hbond substituents is 2. The van der Waals surface area contributed by atoms with Crippen LogP contribution in [0.1, 0.15) is 101 Å². The number of aromatic nitrogens is 1. The minimum atomic E-state index is -0.620. The Morgan fingerprint density at radius 1 is 0.796 bits per heavy atom. The first-order chi connectivity index (χ1) is 26.2. The summed E-state index contributed by atoms with van der Waals surface area (Å²) in [4.78, 5) is 28.8. The van der Waals surface area contributed by atoms with Gasteiger partial charge in [-0.1, -0.05) is 92.2 Å². The first kappa shape index (κ1) is 39.8. The Kier molecular flexibility index (Phi) is 14.8. The topological polar surface area (TPSA) is 152 Å². The number of ketones is 2. The van der Waals surface area contributed by atoms with Gasteiger partial charge < -0.3 is 31.4 Å². The van der Waals surface area contributed by atoms with E-state index in [1.54, 1.807) is 42.7 Å². The van der Waals surface area contributed by atoms with Gasteiger partial charge in [0.05, 0.1) is 12.8 Å². The number of aromatic hydroxyl groups is 2. The van der Waals surface area contributed by atoms with Crippen LogP contribution in [0.5, 0.6) is 17.2 Å². The lowest BCUT2D eigenvalue weighted by Crippen LogP contribution is -2.20. The van der Waals surface area contributed by atoms with E-state index < -0.39 is 12.1 Å². The molecule has 5 rings (SSSR count). The molecule has 0 fully saturated rings. The number of ether oxygens (including phenoxy) is 1. The summed E-state index contributed by atoms with van der Waals surface area (Å²) in [5.74, 6) is 0.714. The second-order valence-corrected chi connectivity index (χ2v) is 14.2. The van der Waals surface area contributed by atoms with E-state index in [1.807, 2.05) is 54.6 Å². The van der Waals surface area contributed by atoms with Gasteiger partial charge in [0.15, 0.2) is 23.1 Å². The second-order valence-electron chi connectivity index (χ2n) is 14.2. The molecule has 0 radical (unpaired) electrons. The van der Waals surface area contributed by atoms with Crippen LogP contribution in [0.15, 0.2) is 122 Å². The van der Waals surface area contributed by atoms with E-state index in [0.29, 0.717) is 42.1 Å². The van der Waals surface area contributed by atoms with E-state index in [2.05, 4.69) is 36.2 Å². The van der Waals surface area contributed by atoms with Gasteiger partial charge in [-0.25, -0.2) is 0 Å². The Bertz CT molecular complexity index is 1950. The highest BCUT2D eigenvalue weighted by Crippen LogP contribution is 2.36. The summed E-state index contributed by atoms with van der Waals surface area (Å²) in [5.41, 5.74) is 17.7. The van der Waals surface area contributed by atoms with E-state index in [-0.39, 0.29) is 36.1 Å². The molecule has 0 spiro atoms. The number of hydrogen-bond acceptors (Lipinski definition) is 7. The van der Waals surface area contributed by atoms with Gasteiger partial charge in [-0.3, -0.25) is 9.59 Å². The molecule has 0 saturated carbocycles. The largest absolute Gasteiger partial charge is 0.508 e. The van der Waals surface area contributed by atoms with Gasteiger partial charge in [-0.15, -0.1) is 0 Å². The van der Waals surface area contributed by atoms with Crippen LogP contribution in [0.4, 0.5) is 0 Å². The predicted octanol–water partition coefficient (Wildman–Crippen LogP) is 8.87. The highest BCUT2D eigenvalue weighted by molar-refractivity contribution is 5.96. The normalized spacial score (nSPS) is 12.6. The van der Waals surface area contributed by atoms with Gasteiger partial charge in [0.2, 0.25) is 0 Å². The van der Waals surface area contributed by atoms with Gasteiger partial charge in [0.25, 0.3) is 0 Å². The summed E-state index contributed by atoms with van der Waals surface area (Å²) >= 11 is 0. The summed E-state index contributed by atoms with van der Waals surface area (Å²) in [5, 5.41) is 21.5. The molecule has 2 unspecified atom stereocenters. The maximum Gasteiger partial charge on any atom is 0.165 e. The predicted molar refractivity (Wildman–Crippen MR) is 215 cm³/mol. The van der Waals surface area contributed by atoms with Crippen LogP contribution in [0, 0.1) is 5.92 Å². The van der Waals surface area contributed by atoms with E-state index in [0.717, 1.165) is 47.9 Å². The molecule has 282 valence electrons. The van der Waals surface area contributed by atoms with Crippen LogP contribution in [0.25, 0.3) is 0 Å². The lowest BCUT2D eigenvalue weighted by Gasteiger charge is -2.20. The molecule has 1 heterocycles. The molecule has 0 aliphatic heterocycles.